The van der Waals surface area contributed by atoms with Crippen molar-refractivity contribution in [1.82, 2.24) is 9.88 Å². The van der Waals surface area contributed by atoms with E-state index in [0.717, 1.165) is 42.0 Å². The summed E-state index contributed by atoms with van der Waals surface area (Å²) in [6.45, 7) is 3.11. The lowest BCUT2D eigenvalue weighted by atomic mass is 10.2. The number of hydrogen-bond acceptors (Lipinski definition) is 6. The maximum Gasteiger partial charge on any atom is 0.264 e. The topological polar surface area (TPSA) is 45.7 Å². The first-order valence-electron chi connectivity index (χ1n) is 7.63. The predicted octanol–water partition coefficient (Wildman–Crippen LogP) is 2.35. The van der Waals surface area contributed by atoms with Crippen molar-refractivity contribution in [2.24, 2.45) is 0 Å². The molecular weight excluding hydrogens is 330 g/mol. The van der Waals surface area contributed by atoms with Gasteiger partial charge >= 0.3 is 0 Å². The highest BCUT2D eigenvalue weighted by Gasteiger charge is 2.32. The number of carbonyl (C=O) groups excluding carboxylic acids is 1. The molecule has 1 amide bonds. The van der Waals surface area contributed by atoms with Gasteiger partial charge in [-0.3, -0.25) is 4.79 Å². The van der Waals surface area contributed by atoms with Gasteiger partial charge in [0.15, 0.2) is 11.2 Å². The largest absolute Gasteiger partial charge is 0.479 e. The Morgan fingerprint density at radius 1 is 1.22 bits per heavy atom. The van der Waals surface area contributed by atoms with E-state index in [0.29, 0.717) is 5.75 Å². The molecule has 23 heavy (non-hydrogen) atoms. The summed E-state index contributed by atoms with van der Waals surface area (Å²) in [5.41, 5.74) is 0. The molecule has 120 valence electrons. The van der Waals surface area contributed by atoms with Gasteiger partial charge in [0.1, 0.15) is 5.75 Å². The zero-order chi connectivity index (χ0) is 15.6. The van der Waals surface area contributed by atoms with Crippen LogP contribution in [0, 0.1) is 0 Å². The van der Waals surface area contributed by atoms with Gasteiger partial charge in [-0.1, -0.05) is 12.1 Å². The predicted molar refractivity (Wildman–Crippen MR) is 92.5 cm³/mol. The second-order valence-electron chi connectivity index (χ2n) is 5.49. The highest BCUT2D eigenvalue weighted by Crippen LogP contribution is 2.35. The standard InChI is InChI=1S/C16H17N3O2S2/c20-15(13-11-23-14-4-2-1-3-12(14)21-13)18-6-8-19(9-7-18)16-17-5-10-22-16/h1-5,10,13H,6-9,11H2/t13-/m0/s1. The molecule has 0 radical (unpaired) electrons. The molecule has 2 aromatic rings. The first-order valence-corrected chi connectivity index (χ1v) is 9.49. The van der Waals surface area contributed by atoms with E-state index in [4.69, 9.17) is 4.74 Å². The fourth-order valence-electron chi connectivity index (χ4n) is 2.84. The Kier molecular flexibility index (Phi) is 4.13. The lowest BCUT2D eigenvalue weighted by molar-refractivity contribution is -0.138. The van der Waals surface area contributed by atoms with E-state index in [1.165, 1.54) is 0 Å². The molecule has 4 rings (SSSR count). The smallest absolute Gasteiger partial charge is 0.264 e. The number of thioether (sulfide) groups is 1. The number of nitrogens with zero attached hydrogens (tertiary/aromatic N) is 3. The highest BCUT2D eigenvalue weighted by molar-refractivity contribution is 7.99. The van der Waals surface area contributed by atoms with Crippen LogP contribution in [0.1, 0.15) is 0 Å². The SMILES string of the molecule is O=C([C@@H]1CSc2ccccc2O1)N1CCN(c2nccs2)CC1. The van der Waals surface area contributed by atoms with Crippen molar-refractivity contribution in [3.8, 4) is 5.75 Å². The minimum atomic E-state index is -0.374. The van der Waals surface area contributed by atoms with Crippen molar-refractivity contribution in [3.05, 3.63) is 35.8 Å². The van der Waals surface area contributed by atoms with Crippen LogP contribution in [-0.4, -0.2) is 53.8 Å². The van der Waals surface area contributed by atoms with Crippen molar-refractivity contribution in [1.29, 1.82) is 0 Å². The zero-order valence-corrected chi connectivity index (χ0v) is 14.2. The fraction of sp³-hybridized carbons (Fsp3) is 0.375. The van der Waals surface area contributed by atoms with Crippen LogP contribution in [0.25, 0.3) is 0 Å². The second kappa shape index (κ2) is 6.41. The minimum absolute atomic E-state index is 0.103. The van der Waals surface area contributed by atoms with E-state index in [1.807, 2.05) is 40.7 Å². The Balaban J connectivity index is 1.37. The van der Waals surface area contributed by atoms with Crippen molar-refractivity contribution in [2.45, 2.75) is 11.0 Å². The van der Waals surface area contributed by atoms with Crippen LogP contribution in [0.2, 0.25) is 0 Å². The van der Waals surface area contributed by atoms with Crippen LogP contribution in [0.4, 0.5) is 5.13 Å². The molecule has 0 unspecified atom stereocenters. The third kappa shape index (κ3) is 3.03. The molecule has 0 aliphatic carbocycles. The molecule has 5 nitrogen and oxygen atoms in total. The van der Waals surface area contributed by atoms with Gasteiger partial charge < -0.3 is 14.5 Å². The van der Waals surface area contributed by atoms with Crippen LogP contribution in [-0.2, 0) is 4.79 Å². The van der Waals surface area contributed by atoms with E-state index in [2.05, 4.69) is 9.88 Å². The average Bonchev–Trinajstić information content (AvgIpc) is 3.15. The van der Waals surface area contributed by atoms with E-state index < -0.39 is 0 Å². The molecule has 0 spiro atoms. The van der Waals surface area contributed by atoms with E-state index in [-0.39, 0.29) is 12.0 Å². The summed E-state index contributed by atoms with van der Waals surface area (Å²) in [5.74, 6) is 1.61. The Labute approximate surface area is 143 Å². The molecule has 7 heteroatoms. The van der Waals surface area contributed by atoms with E-state index in [1.54, 1.807) is 23.1 Å². The highest BCUT2D eigenvalue weighted by atomic mass is 32.2. The number of aromatic nitrogens is 1. The number of anilines is 1. The van der Waals surface area contributed by atoms with Crippen LogP contribution in [0.3, 0.4) is 0 Å². The Hall–Kier alpha value is -1.73. The summed E-state index contributed by atoms with van der Waals surface area (Å²) in [5, 5.41) is 3.02. The molecule has 1 atom stereocenters. The van der Waals surface area contributed by atoms with Gasteiger partial charge in [0.2, 0.25) is 0 Å². The average molecular weight is 347 g/mol. The first kappa shape index (κ1) is 14.8. The first-order chi connectivity index (χ1) is 11.3. The summed E-state index contributed by atoms with van der Waals surface area (Å²) >= 11 is 3.34. The molecular formula is C16H17N3O2S2. The van der Waals surface area contributed by atoms with Gasteiger partial charge in [0, 0.05) is 48.4 Å². The molecule has 1 saturated heterocycles. The van der Waals surface area contributed by atoms with Crippen LogP contribution in [0.15, 0.2) is 40.7 Å². The summed E-state index contributed by atoms with van der Waals surface area (Å²) < 4.78 is 5.91. The molecule has 1 aromatic carbocycles. The monoisotopic (exact) mass is 347 g/mol. The Bertz CT molecular complexity index is 684. The van der Waals surface area contributed by atoms with Crippen LogP contribution >= 0.6 is 23.1 Å². The number of ether oxygens (including phenoxy) is 1. The molecule has 2 aliphatic heterocycles. The summed E-state index contributed by atoms with van der Waals surface area (Å²) in [6, 6.07) is 7.91. The number of rotatable bonds is 2. The fourth-order valence-corrected chi connectivity index (χ4v) is 4.51. The summed E-state index contributed by atoms with van der Waals surface area (Å²) in [4.78, 5) is 22.3. The molecule has 3 heterocycles. The van der Waals surface area contributed by atoms with Gasteiger partial charge in [-0.05, 0) is 12.1 Å². The molecule has 0 N–H and O–H groups in total. The second-order valence-corrected chi connectivity index (χ2v) is 7.43. The van der Waals surface area contributed by atoms with Gasteiger partial charge in [0.25, 0.3) is 5.91 Å². The van der Waals surface area contributed by atoms with Crippen molar-refractivity contribution < 1.29 is 9.53 Å². The number of piperazine rings is 1. The van der Waals surface area contributed by atoms with Gasteiger partial charge in [-0.25, -0.2) is 4.98 Å². The van der Waals surface area contributed by atoms with E-state index in [9.17, 15) is 4.79 Å². The Morgan fingerprint density at radius 3 is 2.83 bits per heavy atom. The maximum absolute atomic E-state index is 12.7. The van der Waals surface area contributed by atoms with E-state index >= 15 is 0 Å². The number of para-hydroxylation sites is 1. The molecule has 2 aliphatic rings. The summed E-state index contributed by atoms with van der Waals surface area (Å²) in [7, 11) is 0. The lowest BCUT2D eigenvalue weighted by Crippen LogP contribution is -2.53. The van der Waals surface area contributed by atoms with Crippen molar-refractivity contribution >= 4 is 34.1 Å². The lowest BCUT2D eigenvalue weighted by Gasteiger charge is -2.37. The van der Waals surface area contributed by atoms with Crippen molar-refractivity contribution in [2.75, 3.05) is 36.8 Å². The number of thiazole rings is 1. The number of hydrogen-bond donors (Lipinski definition) is 0. The molecule has 0 bridgehead atoms. The van der Waals surface area contributed by atoms with Gasteiger partial charge in [-0.15, -0.1) is 23.1 Å². The normalized spacial score (nSPS) is 20.8. The number of amides is 1. The Morgan fingerprint density at radius 2 is 2.04 bits per heavy atom. The number of fused-ring (bicyclic) bond motifs is 1. The third-order valence-electron chi connectivity index (χ3n) is 4.07. The maximum atomic E-state index is 12.7. The molecule has 0 saturated carbocycles. The zero-order valence-electron chi connectivity index (χ0n) is 12.6. The number of benzene rings is 1. The van der Waals surface area contributed by atoms with Crippen LogP contribution < -0.4 is 9.64 Å². The quantitative estimate of drug-likeness (QED) is 0.834. The molecule has 1 fully saturated rings. The van der Waals surface area contributed by atoms with Crippen LogP contribution in [0.5, 0.6) is 5.75 Å². The number of carbonyl (C=O) groups is 1. The van der Waals surface area contributed by atoms with Gasteiger partial charge in [0.05, 0.1) is 0 Å². The summed E-state index contributed by atoms with van der Waals surface area (Å²) in [6.07, 6.45) is 1.45. The minimum Gasteiger partial charge on any atom is -0.479 e. The van der Waals surface area contributed by atoms with Gasteiger partial charge in [-0.2, -0.15) is 0 Å². The van der Waals surface area contributed by atoms with Crippen molar-refractivity contribution in [3.63, 3.8) is 0 Å². The third-order valence-corrected chi connectivity index (χ3v) is 6.02. The molecule has 1 aromatic heterocycles.